The van der Waals surface area contributed by atoms with Gasteiger partial charge in [0.2, 0.25) is 0 Å². The first-order valence-corrected chi connectivity index (χ1v) is 3.95. The number of thiol groups is 2. The molecule has 1 aromatic rings. The first kappa shape index (κ1) is 8.87. The van der Waals surface area contributed by atoms with E-state index in [9.17, 15) is 8.78 Å². The summed E-state index contributed by atoms with van der Waals surface area (Å²) in [5.74, 6) is -1.20. The SMILES string of the molecule is Fc1ccc(C(S)S)c(F)c1. The van der Waals surface area contributed by atoms with Crippen molar-refractivity contribution in [2.45, 2.75) is 4.58 Å². The van der Waals surface area contributed by atoms with E-state index in [-0.39, 0.29) is 5.56 Å². The van der Waals surface area contributed by atoms with Crippen molar-refractivity contribution < 1.29 is 8.78 Å². The number of benzene rings is 1. The maximum absolute atomic E-state index is 12.8. The van der Waals surface area contributed by atoms with Crippen molar-refractivity contribution in [3.63, 3.8) is 0 Å². The van der Waals surface area contributed by atoms with Crippen LogP contribution in [0.3, 0.4) is 0 Å². The van der Waals surface area contributed by atoms with Crippen molar-refractivity contribution in [1.82, 2.24) is 0 Å². The Morgan fingerprint density at radius 3 is 2.27 bits per heavy atom. The summed E-state index contributed by atoms with van der Waals surface area (Å²) in [7, 11) is 0. The van der Waals surface area contributed by atoms with Crippen LogP contribution in [-0.2, 0) is 0 Å². The van der Waals surface area contributed by atoms with Crippen molar-refractivity contribution in [2.24, 2.45) is 0 Å². The number of hydrogen-bond acceptors (Lipinski definition) is 2. The number of hydrogen-bond donors (Lipinski definition) is 2. The molecule has 0 aromatic heterocycles. The van der Waals surface area contributed by atoms with Crippen LogP contribution in [0.1, 0.15) is 10.1 Å². The van der Waals surface area contributed by atoms with Crippen LogP contribution in [0.15, 0.2) is 18.2 Å². The zero-order chi connectivity index (χ0) is 8.43. The fourth-order valence-electron chi connectivity index (χ4n) is 0.711. The Morgan fingerprint density at radius 2 is 1.82 bits per heavy atom. The van der Waals surface area contributed by atoms with Crippen molar-refractivity contribution in [3.8, 4) is 0 Å². The Labute approximate surface area is 74.4 Å². The molecule has 0 unspecified atom stereocenters. The highest BCUT2D eigenvalue weighted by Gasteiger charge is 2.07. The first-order valence-electron chi connectivity index (χ1n) is 2.92. The Morgan fingerprint density at radius 1 is 1.18 bits per heavy atom. The van der Waals surface area contributed by atoms with Crippen molar-refractivity contribution in [3.05, 3.63) is 35.4 Å². The minimum Gasteiger partial charge on any atom is -0.207 e. The van der Waals surface area contributed by atoms with E-state index in [1.807, 2.05) is 0 Å². The average Bonchev–Trinajstić information content (AvgIpc) is 1.85. The molecular weight excluding hydrogens is 186 g/mol. The molecule has 0 aliphatic rings. The predicted octanol–water partition coefficient (Wildman–Crippen LogP) is 2.82. The Hall–Kier alpha value is -0.220. The second-order valence-electron chi connectivity index (χ2n) is 2.04. The maximum Gasteiger partial charge on any atom is 0.131 e. The quantitative estimate of drug-likeness (QED) is 0.496. The van der Waals surface area contributed by atoms with Crippen LogP contribution in [0.4, 0.5) is 8.78 Å². The summed E-state index contributed by atoms with van der Waals surface area (Å²) in [5, 5.41) is 0. The molecule has 0 heterocycles. The number of rotatable bonds is 1. The first-order chi connectivity index (χ1) is 5.11. The summed E-state index contributed by atoms with van der Waals surface area (Å²) in [6.07, 6.45) is 0. The van der Waals surface area contributed by atoms with Crippen LogP contribution in [-0.4, -0.2) is 0 Å². The van der Waals surface area contributed by atoms with Gasteiger partial charge in [-0.25, -0.2) is 8.78 Å². The Balaban J connectivity index is 3.09. The molecule has 0 saturated carbocycles. The highest BCUT2D eigenvalue weighted by Crippen LogP contribution is 2.26. The highest BCUT2D eigenvalue weighted by molar-refractivity contribution is 7.98. The van der Waals surface area contributed by atoms with Crippen LogP contribution in [0, 0.1) is 11.6 Å². The van der Waals surface area contributed by atoms with Crippen LogP contribution < -0.4 is 0 Å². The molecule has 0 atom stereocenters. The van der Waals surface area contributed by atoms with Crippen molar-refractivity contribution in [2.75, 3.05) is 0 Å². The molecule has 0 aliphatic heterocycles. The third kappa shape index (κ3) is 2.10. The molecule has 4 heteroatoms. The lowest BCUT2D eigenvalue weighted by Crippen LogP contribution is -1.89. The standard InChI is InChI=1S/C7H6F2S2/c8-4-1-2-5(7(10)11)6(9)3-4/h1-3,7,10-11H. The van der Waals surface area contributed by atoms with Gasteiger partial charge < -0.3 is 0 Å². The van der Waals surface area contributed by atoms with Crippen LogP contribution in [0.2, 0.25) is 0 Å². The van der Waals surface area contributed by atoms with E-state index in [0.717, 1.165) is 6.07 Å². The third-order valence-electron chi connectivity index (χ3n) is 1.24. The lowest BCUT2D eigenvalue weighted by molar-refractivity contribution is 0.576. The van der Waals surface area contributed by atoms with Gasteiger partial charge in [-0.1, -0.05) is 6.07 Å². The normalized spacial score (nSPS) is 10.6. The van der Waals surface area contributed by atoms with E-state index in [1.54, 1.807) is 0 Å². The van der Waals surface area contributed by atoms with Gasteiger partial charge in [0, 0.05) is 11.6 Å². The van der Waals surface area contributed by atoms with Gasteiger partial charge in [-0.15, -0.1) is 0 Å². The van der Waals surface area contributed by atoms with Gasteiger partial charge in [0.25, 0.3) is 0 Å². The molecule has 0 nitrogen and oxygen atoms in total. The minimum atomic E-state index is -0.611. The molecule has 1 rings (SSSR count). The molecule has 0 bridgehead atoms. The molecule has 0 saturated heterocycles. The second kappa shape index (κ2) is 3.45. The lowest BCUT2D eigenvalue weighted by Gasteiger charge is -2.03. The average molecular weight is 192 g/mol. The summed E-state index contributed by atoms with van der Waals surface area (Å²) in [5.41, 5.74) is 0.290. The van der Waals surface area contributed by atoms with Crippen molar-refractivity contribution >= 4 is 25.3 Å². The van der Waals surface area contributed by atoms with Gasteiger partial charge >= 0.3 is 0 Å². The lowest BCUT2D eigenvalue weighted by atomic mass is 10.2. The zero-order valence-corrected chi connectivity index (χ0v) is 7.25. The van der Waals surface area contributed by atoms with E-state index >= 15 is 0 Å². The van der Waals surface area contributed by atoms with Gasteiger partial charge in [-0.05, 0) is 6.07 Å². The largest absolute Gasteiger partial charge is 0.207 e. The molecule has 0 radical (unpaired) electrons. The number of halogens is 2. The van der Waals surface area contributed by atoms with E-state index < -0.39 is 16.2 Å². The Kier molecular flexibility index (Phi) is 2.78. The maximum atomic E-state index is 12.8. The smallest absolute Gasteiger partial charge is 0.131 e. The van der Waals surface area contributed by atoms with E-state index in [0.29, 0.717) is 0 Å². The molecule has 11 heavy (non-hydrogen) atoms. The third-order valence-corrected chi connectivity index (χ3v) is 1.80. The topological polar surface area (TPSA) is 0 Å². The molecular formula is C7H6F2S2. The van der Waals surface area contributed by atoms with Gasteiger partial charge in [0.05, 0.1) is 4.58 Å². The fraction of sp³-hybridized carbons (Fsp3) is 0.143. The second-order valence-corrected chi connectivity index (χ2v) is 3.48. The monoisotopic (exact) mass is 192 g/mol. The molecule has 0 aliphatic carbocycles. The van der Waals surface area contributed by atoms with Gasteiger partial charge in [-0.2, -0.15) is 25.3 Å². The highest BCUT2D eigenvalue weighted by atomic mass is 32.2. The Bertz CT molecular complexity index is 261. The summed E-state index contributed by atoms with van der Waals surface area (Å²) in [4.78, 5) is 0. The van der Waals surface area contributed by atoms with Crippen molar-refractivity contribution in [1.29, 1.82) is 0 Å². The molecule has 1 aromatic carbocycles. The molecule has 60 valence electrons. The van der Waals surface area contributed by atoms with Gasteiger partial charge in [0.15, 0.2) is 0 Å². The van der Waals surface area contributed by atoms with E-state index in [2.05, 4.69) is 25.3 Å². The molecule has 0 spiro atoms. The van der Waals surface area contributed by atoms with Gasteiger partial charge in [-0.3, -0.25) is 0 Å². The van der Waals surface area contributed by atoms with Crippen LogP contribution >= 0.6 is 25.3 Å². The summed E-state index contributed by atoms with van der Waals surface area (Å²) < 4.78 is 24.6. The van der Waals surface area contributed by atoms with E-state index in [4.69, 9.17) is 0 Å². The zero-order valence-electron chi connectivity index (χ0n) is 5.46. The van der Waals surface area contributed by atoms with Gasteiger partial charge in [0.1, 0.15) is 11.6 Å². The van der Waals surface area contributed by atoms with Crippen LogP contribution in [0.25, 0.3) is 0 Å². The molecule has 0 fully saturated rings. The van der Waals surface area contributed by atoms with Crippen LogP contribution in [0.5, 0.6) is 0 Å². The molecule has 0 amide bonds. The fourth-order valence-corrected chi connectivity index (χ4v) is 1.13. The van der Waals surface area contributed by atoms with E-state index in [1.165, 1.54) is 12.1 Å². The predicted molar refractivity (Wildman–Crippen MR) is 47.1 cm³/mol. The summed E-state index contributed by atoms with van der Waals surface area (Å²) >= 11 is 7.79. The minimum absolute atomic E-state index is 0.290. The summed E-state index contributed by atoms with van der Waals surface area (Å²) in [6, 6.07) is 3.32. The summed E-state index contributed by atoms with van der Waals surface area (Å²) in [6.45, 7) is 0. The molecule has 0 N–H and O–H groups in total.